The SMILES string of the molecule is CN[C@@H](C)C(=O)N[C@H]1CCCC[C@H]2CC[C@@H](C(=O)N[C@@H](c3ccccc3)c3cn(CCOCCCCOCCN4C=C([C@@H](NC(=O)[C@@H]5CC[C@@H]6CCCC[C@H](NC(=O)[C@H](C)NC)C(=O)N65)c5ccccc5)NN4)nn3)N2C1=O. The van der Waals surface area contributed by atoms with Crippen LogP contribution in [0.25, 0.3) is 0 Å². The van der Waals surface area contributed by atoms with Crippen LogP contribution in [0.3, 0.4) is 0 Å². The van der Waals surface area contributed by atoms with E-state index < -0.39 is 48.3 Å². The van der Waals surface area contributed by atoms with Gasteiger partial charge in [0.1, 0.15) is 29.9 Å². The summed E-state index contributed by atoms with van der Waals surface area (Å²) in [4.78, 5) is 85.7. The maximum atomic E-state index is 14.2. The summed E-state index contributed by atoms with van der Waals surface area (Å²) in [5.41, 5.74) is 9.45. The van der Waals surface area contributed by atoms with Gasteiger partial charge in [0.15, 0.2) is 0 Å². The quantitative estimate of drug-likeness (QED) is 0.0567. The lowest BCUT2D eigenvalue weighted by Gasteiger charge is -2.36. The second kappa shape index (κ2) is 28.4. The number of carbonyl (C=O) groups excluding carboxylic acids is 6. The van der Waals surface area contributed by atoms with E-state index >= 15 is 0 Å². The van der Waals surface area contributed by atoms with E-state index in [9.17, 15) is 28.8 Å². The van der Waals surface area contributed by atoms with E-state index in [2.05, 4.69) is 53.2 Å². The Morgan fingerprint density at radius 1 is 0.628 bits per heavy atom. The summed E-state index contributed by atoms with van der Waals surface area (Å²) in [6, 6.07) is 14.5. The molecule has 1 aromatic heterocycles. The molecular formula is C56H82N14O8. The molecule has 8 N–H and O–H groups in total. The van der Waals surface area contributed by atoms with Gasteiger partial charge in [-0.3, -0.25) is 33.8 Å². The van der Waals surface area contributed by atoms with E-state index in [0.29, 0.717) is 70.9 Å². The van der Waals surface area contributed by atoms with Gasteiger partial charge < -0.3 is 56.6 Å². The normalized spacial score (nSPS) is 24.0. The van der Waals surface area contributed by atoms with Crippen LogP contribution in [0.5, 0.6) is 0 Å². The summed E-state index contributed by atoms with van der Waals surface area (Å²) >= 11 is 0. The van der Waals surface area contributed by atoms with E-state index in [1.54, 1.807) is 42.4 Å². The van der Waals surface area contributed by atoms with Crippen LogP contribution in [0.1, 0.15) is 133 Å². The summed E-state index contributed by atoms with van der Waals surface area (Å²) in [6.45, 7) is 6.48. The lowest BCUT2D eigenvalue weighted by molar-refractivity contribution is -0.144. The monoisotopic (exact) mass is 1080 g/mol. The van der Waals surface area contributed by atoms with Gasteiger partial charge in [0.25, 0.3) is 0 Å². The van der Waals surface area contributed by atoms with Gasteiger partial charge in [0, 0.05) is 31.5 Å². The molecule has 22 nitrogen and oxygen atoms in total. The molecule has 3 aromatic rings. The first-order valence-electron chi connectivity index (χ1n) is 28.3. The molecular weight excluding hydrogens is 997 g/mol. The van der Waals surface area contributed by atoms with Crippen LogP contribution < -0.4 is 42.9 Å². The van der Waals surface area contributed by atoms with Crippen molar-refractivity contribution in [2.24, 2.45) is 0 Å². The molecule has 6 amide bonds. The van der Waals surface area contributed by atoms with Gasteiger partial charge in [-0.25, -0.2) is 4.68 Å². The Bertz CT molecular complexity index is 2500. The van der Waals surface area contributed by atoms with Gasteiger partial charge in [-0.2, -0.15) is 0 Å². The molecule has 0 unspecified atom stereocenters. The van der Waals surface area contributed by atoms with Gasteiger partial charge >= 0.3 is 0 Å². The van der Waals surface area contributed by atoms with Gasteiger partial charge in [-0.1, -0.05) is 91.6 Å². The molecule has 6 heterocycles. The van der Waals surface area contributed by atoms with Crippen LogP contribution in [0.15, 0.2) is 78.8 Å². The number of aromatic nitrogens is 3. The first kappa shape index (κ1) is 57.7. The van der Waals surface area contributed by atoms with Crippen molar-refractivity contribution in [2.75, 3.05) is 47.1 Å². The Kier molecular flexibility index (Phi) is 21.0. The molecule has 22 heteroatoms. The molecule has 2 aromatic carbocycles. The standard InChI is InChI=1S/C56H82N14O8/c1-37(57-3)51(71)59-43-23-13-11-21-41-25-27-47(69(41)55(43)75)53(73)61-49(39-17-7-5-8-18-39)45-35-67(65-63-45)29-33-77-31-15-16-32-78-34-30-68-36-46(64-66-68)50(40-19-9-6-10-20-40)62-54(74)48-28-26-42-22-12-14-24-44(56(76)70(42)48)60-52(72)38(2)58-4/h5-10,17-20,35-38,41-44,47-50,57-58,63,65H,11-16,21-34H2,1-4H3,(H,59,71)(H,60,72)(H,61,73)(H,62,74)/t37-,38-,41-,42-,43-,44-,47-,48-,49-,50-/m0/s1. The highest BCUT2D eigenvalue weighted by Crippen LogP contribution is 2.34. The predicted molar refractivity (Wildman–Crippen MR) is 291 cm³/mol. The molecule has 78 heavy (non-hydrogen) atoms. The summed E-state index contributed by atoms with van der Waals surface area (Å²) in [5.74, 6) is -1.36. The highest BCUT2D eigenvalue weighted by atomic mass is 16.5. The fourth-order valence-electron chi connectivity index (χ4n) is 11.3. The molecule has 0 saturated carbocycles. The average Bonchev–Trinajstić information content (AvgIpc) is 4.32. The molecule has 424 valence electrons. The minimum atomic E-state index is -0.687. The minimum absolute atomic E-state index is 0.0496. The summed E-state index contributed by atoms with van der Waals surface area (Å²) < 4.78 is 13.7. The van der Waals surface area contributed by atoms with Crippen LogP contribution in [-0.2, 0) is 44.8 Å². The average molecular weight is 1080 g/mol. The van der Waals surface area contributed by atoms with Crippen molar-refractivity contribution in [3.63, 3.8) is 0 Å². The highest BCUT2D eigenvalue weighted by molar-refractivity contribution is 5.95. The number of hydrazine groups is 2. The number of likely N-dealkylation sites (N-methyl/N-ethyl adjacent to an activating group) is 2. The Morgan fingerprint density at radius 2 is 1.12 bits per heavy atom. The second-order valence-electron chi connectivity index (χ2n) is 21.3. The molecule has 4 saturated heterocycles. The van der Waals surface area contributed by atoms with Gasteiger partial charge in [-0.05, 0) is 103 Å². The number of amides is 6. The van der Waals surface area contributed by atoms with E-state index in [4.69, 9.17) is 9.47 Å². The number of nitrogens with zero attached hydrogens (tertiary/aromatic N) is 6. The number of rotatable bonds is 25. The van der Waals surface area contributed by atoms with E-state index in [0.717, 1.165) is 81.0 Å². The predicted octanol–water partition coefficient (Wildman–Crippen LogP) is 2.37. The number of benzene rings is 2. The minimum Gasteiger partial charge on any atom is -0.380 e. The molecule has 5 aliphatic rings. The van der Waals surface area contributed by atoms with E-state index in [1.165, 1.54) is 0 Å². The molecule has 0 radical (unpaired) electrons. The Labute approximate surface area is 458 Å². The number of nitrogens with one attached hydrogen (secondary N) is 8. The molecule has 4 fully saturated rings. The van der Waals surface area contributed by atoms with Gasteiger partial charge in [-0.15, -0.1) is 10.6 Å². The molecule has 0 aliphatic carbocycles. The fourth-order valence-corrected chi connectivity index (χ4v) is 11.3. The topological polar surface area (TPSA) is 258 Å². The van der Waals surface area contributed by atoms with Crippen LogP contribution in [0.2, 0.25) is 0 Å². The molecule has 0 spiro atoms. The Hall–Kier alpha value is -6.46. The smallest absolute Gasteiger partial charge is 0.246 e. The second-order valence-corrected chi connectivity index (χ2v) is 21.3. The van der Waals surface area contributed by atoms with Crippen molar-refractivity contribution >= 4 is 35.4 Å². The van der Waals surface area contributed by atoms with Crippen LogP contribution in [0.4, 0.5) is 0 Å². The Balaban J connectivity index is 0.765. The third kappa shape index (κ3) is 14.8. The largest absolute Gasteiger partial charge is 0.380 e. The zero-order valence-corrected chi connectivity index (χ0v) is 45.8. The Morgan fingerprint density at radius 3 is 1.64 bits per heavy atom. The van der Waals surface area contributed by atoms with Crippen molar-refractivity contribution in [1.29, 1.82) is 0 Å². The number of hydrogen-bond donors (Lipinski definition) is 8. The third-order valence-corrected chi connectivity index (χ3v) is 16.0. The van der Waals surface area contributed by atoms with Crippen LogP contribution >= 0.6 is 0 Å². The van der Waals surface area contributed by atoms with Crippen molar-refractivity contribution in [2.45, 2.75) is 171 Å². The van der Waals surface area contributed by atoms with E-state index in [1.807, 2.05) is 78.1 Å². The highest BCUT2D eigenvalue weighted by Gasteiger charge is 2.46. The lowest BCUT2D eigenvalue weighted by atomic mass is 9.98. The molecule has 8 rings (SSSR count). The van der Waals surface area contributed by atoms with Crippen molar-refractivity contribution in [1.82, 2.24) is 72.7 Å². The van der Waals surface area contributed by atoms with Crippen LogP contribution in [0, 0.1) is 0 Å². The number of unbranched alkanes of at least 4 members (excludes halogenated alkanes) is 1. The first-order valence-corrected chi connectivity index (χ1v) is 28.3. The van der Waals surface area contributed by atoms with Crippen molar-refractivity contribution < 1.29 is 38.2 Å². The summed E-state index contributed by atoms with van der Waals surface area (Å²) in [6.07, 6.45) is 14.1. The number of ether oxygens (including phenoxy) is 2. The number of hydrogen-bond acceptors (Lipinski definition) is 15. The fraction of sp³-hybridized carbons (Fsp3) is 0.607. The van der Waals surface area contributed by atoms with Crippen molar-refractivity contribution in [3.05, 3.63) is 95.6 Å². The van der Waals surface area contributed by atoms with Crippen LogP contribution in [-0.4, -0.2) is 161 Å². The molecule has 10 atom stereocenters. The molecule has 0 bridgehead atoms. The number of carbonyl (C=O) groups is 6. The van der Waals surface area contributed by atoms with E-state index in [-0.39, 0.29) is 47.5 Å². The summed E-state index contributed by atoms with van der Waals surface area (Å²) in [7, 11) is 3.41. The van der Waals surface area contributed by atoms with Gasteiger partial charge in [0.2, 0.25) is 35.4 Å². The first-order chi connectivity index (χ1) is 37.9. The van der Waals surface area contributed by atoms with Gasteiger partial charge in [0.05, 0.1) is 62.4 Å². The zero-order chi connectivity index (χ0) is 55.0. The summed E-state index contributed by atoms with van der Waals surface area (Å²) in [5, 5.41) is 29.0. The zero-order valence-electron chi connectivity index (χ0n) is 45.8. The molecule has 5 aliphatic heterocycles. The maximum Gasteiger partial charge on any atom is 0.246 e. The lowest BCUT2D eigenvalue weighted by Crippen LogP contribution is -2.58. The maximum absolute atomic E-state index is 14.2. The number of fused-ring (bicyclic) bond motifs is 2. The third-order valence-electron chi connectivity index (χ3n) is 16.0. The van der Waals surface area contributed by atoms with Crippen molar-refractivity contribution in [3.8, 4) is 0 Å².